The van der Waals surface area contributed by atoms with Crippen molar-refractivity contribution < 1.29 is 23.9 Å². The monoisotopic (exact) mass is 585 g/mol. The first-order valence-corrected chi connectivity index (χ1v) is 13.9. The van der Waals surface area contributed by atoms with Crippen molar-refractivity contribution in [2.75, 3.05) is 13.7 Å². The molecule has 2 heterocycles. The predicted octanol–water partition coefficient (Wildman–Crippen LogP) is 4.29. The number of hydrogen-bond donors (Lipinski definition) is 0. The molecule has 0 radical (unpaired) electrons. The Morgan fingerprint density at radius 3 is 2.57 bits per heavy atom. The van der Waals surface area contributed by atoms with Gasteiger partial charge in [-0.25, -0.2) is 9.79 Å². The first kappa shape index (κ1) is 28.5. The third-order valence-electron chi connectivity index (χ3n) is 6.69. The summed E-state index contributed by atoms with van der Waals surface area (Å²) in [6, 6.07) is 20.0. The molecule has 0 saturated heterocycles. The van der Waals surface area contributed by atoms with Crippen LogP contribution in [0.4, 0.5) is 5.69 Å². The lowest BCUT2D eigenvalue weighted by Crippen LogP contribution is -2.39. The molecule has 4 aromatic rings. The van der Waals surface area contributed by atoms with Gasteiger partial charge in [-0.3, -0.25) is 19.5 Å². The van der Waals surface area contributed by atoms with Crippen LogP contribution in [0.5, 0.6) is 11.5 Å². The van der Waals surface area contributed by atoms with E-state index in [1.807, 2.05) is 18.2 Å². The standard InChI is InChI=1S/C31H27N3O7S/c1-4-40-30(36)27-19(2)32-31-33(28(27)21-12-14-23(39-3)15-13-21)29(35)26(42-31)17-20-8-7-10-24(16-20)41-18-22-9-5-6-11-25(22)34(37)38/h5-17,28H,4,18H2,1-3H3/t28-/m0/s1. The third-order valence-corrected chi connectivity index (χ3v) is 7.67. The molecule has 1 aliphatic heterocycles. The highest BCUT2D eigenvalue weighted by molar-refractivity contribution is 7.07. The van der Waals surface area contributed by atoms with Crippen LogP contribution >= 0.6 is 11.3 Å². The summed E-state index contributed by atoms with van der Waals surface area (Å²) in [6.45, 7) is 3.66. The summed E-state index contributed by atoms with van der Waals surface area (Å²) in [4.78, 5) is 42.9. The molecule has 11 heteroatoms. The number of aromatic nitrogens is 1. The lowest BCUT2D eigenvalue weighted by Gasteiger charge is -2.24. The summed E-state index contributed by atoms with van der Waals surface area (Å²) in [6.07, 6.45) is 1.73. The second-order valence-electron chi connectivity index (χ2n) is 9.32. The Kier molecular flexibility index (Phi) is 8.30. The van der Waals surface area contributed by atoms with Crippen LogP contribution in [0.2, 0.25) is 0 Å². The van der Waals surface area contributed by atoms with Crippen molar-refractivity contribution in [3.63, 3.8) is 0 Å². The Balaban J connectivity index is 1.53. The molecule has 5 rings (SSSR count). The van der Waals surface area contributed by atoms with Gasteiger partial charge in [0.2, 0.25) is 0 Å². The number of fused-ring (bicyclic) bond motifs is 1. The number of nitro benzene ring substituents is 1. The summed E-state index contributed by atoms with van der Waals surface area (Å²) in [5, 5.41) is 11.3. The van der Waals surface area contributed by atoms with Crippen LogP contribution in [0.15, 0.2) is 93.9 Å². The van der Waals surface area contributed by atoms with Crippen molar-refractivity contribution in [1.29, 1.82) is 0 Å². The number of esters is 1. The molecular formula is C31H27N3O7S. The van der Waals surface area contributed by atoms with Crippen molar-refractivity contribution in [3.8, 4) is 11.5 Å². The quantitative estimate of drug-likeness (QED) is 0.163. The molecule has 0 N–H and O–H groups in total. The number of allylic oxidation sites excluding steroid dienone is 1. The molecule has 0 aliphatic carbocycles. The number of carbonyl (C=O) groups excluding carboxylic acids is 1. The van der Waals surface area contributed by atoms with Crippen LogP contribution in [0.25, 0.3) is 6.08 Å². The van der Waals surface area contributed by atoms with Gasteiger partial charge in [-0.1, -0.05) is 47.7 Å². The van der Waals surface area contributed by atoms with Crippen LogP contribution in [0, 0.1) is 10.1 Å². The fourth-order valence-electron chi connectivity index (χ4n) is 4.71. The molecule has 214 valence electrons. The second-order valence-corrected chi connectivity index (χ2v) is 10.3. The molecule has 42 heavy (non-hydrogen) atoms. The highest BCUT2D eigenvalue weighted by Gasteiger charge is 2.33. The van der Waals surface area contributed by atoms with Crippen molar-refractivity contribution in [2.24, 2.45) is 4.99 Å². The van der Waals surface area contributed by atoms with Gasteiger partial charge in [-0.2, -0.15) is 0 Å². The highest BCUT2D eigenvalue weighted by Crippen LogP contribution is 2.31. The number of rotatable bonds is 9. The number of carbonyl (C=O) groups is 1. The number of methoxy groups -OCH3 is 1. The normalized spacial score (nSPS) is 14.6. The third kappa shape index (κ3) is 5.72. The van der Waals surface area contributed by atoms with E-state index in [1.165, 1.54) is 22.0 Å². The lowest BCUT2D eigenvalue weighted by atomic mass is 9.96. The fourth-order valence-corrected chi connectivity index (χ4v) is 5.76. The van der Waals surface area contributed by atoms with Gasteiger partial charge >= 0.3 is 5.97 Å². The topological polar surface area (TPSA) is 122 Å². The molecule has 0 bridgehead atoms. The molecule has 1 atom stereocenters. The first-order valence-electron chi connectivity index (χ1n) is 13.1. The average Bonchev–Trinajstić information content (AvgIpc) is 3.29. The second kappa shape index (κ2) is 12.2. The zero-order valence-electron chi connectivity index (χ0n) is 23.1. The van der Waals surface area contributed by atoms with Gasteiger partial charge in [-0.05, 0) is 61.4 Å². The summed E-state index contributed by atoms with van der Waals surface area (Å²) in [5.74, 6) is 0.608. The van der Waals surface area contributed by atoms with Gasteiger partial charge in [0, 0.05) is 6.07 Å². The average molecular weight is 586 g/mol. The van der Waals surface area contributed by atoms with Crippen molar-refractivity contribution in [1.82, 2.24) is 4.57 Å². The van der Waals surface area contributed by atoms with E-state index in [4.69, 9.17) is 14.2 Å². The maximum absolute atomic E-state index is 13.8. The molecule has 0 amide bonds. The molecule has 0 spiro atoms. The maximum Gasteiger partial charge on any atom is 0.338 e. The van der Waals surface area contributed by atoms with Crippen LogP contribution in [0.3, 0.4) is 0 Å². The molecule has 1 aromatic heterocycles. The number of thiazole rings is 1. The van der Waals surface area contributed by atoms with Gasteiger partial charge < -0.3 is 14.2 Å². The van der Waals surface area contributed by atoms with Crippen molar-refractivity contribution >= 4 is 29.1 Å². The van der Waals surface area contributed by atoms with Gasteiger partial charge in [-0.15, -0.1) is 0 Å². The Hall–Kier alpha value is -5.03. The Morgan fingerprint density at radius 1 is 1.10 bits per heavy atom. The van der Waals surface area contributed by atoms with Crippen LogP contribution < -0.4 is 24.4 Å². The number of hydrogen-bond acceptors (Lipinski definition) is 9. The number of nitrogens with zero attached hydrogens (tertiary/aromatic N) is 3. The van der Waals surface area contributed by atoms with E-state index in [-0.39, 0.29) is 24.5 Å². The molecule has 10 nitrogen and oxygen atoms in total. The number of benzene rings is 3. The van der Waals surface area contributed by atoms with Gasteiger partial charge in [0.15, 0.2) is 4.80 Å². The fraction of sp³-hybridized carbons (Fsp3) is 0.194. The molecule has 1 aliphatic rings. The summed E-state index contributed by atoms with van der Waals surface area (Å²) >= 11 is 1.22. The Morgan fingerprint density at radius 2 is 1.86 bits per heavy atom. The minimum Gasteiger partial charge on any atom is -0.497 e. The maximum atomic E-state index is 13.8. The molecular weight excluding hydrogens is 558 g/mol. The summed E-state index contributed by atoms with van der Waals surface area (Å²) < 4.78 is 18.4. The Labute approximate surface area is 244 Å². The van der Waals surface area contributed by atoms with E-state index >= 15 is 0 Å². The minimum absolute atomic E-state index is 0.0145. The van der Waals surface area contributed by atoms with E-state index in [2.05, 4.69) is 4.99 Å². The lowest BCUT2D eigenvalue weighted by molar-refractivity contribution is -0.385. The summed E-state index contributed by atoms with van der Waals surface area (Å²) in [5.41, 5.74) is 2.32. The van der Waals surface area contributed by atoms with Crippen molar-refractivity contribution in [2.45, 2.75) is 26.5 Å². The number of nitro groups is 1. The number of ether oxygens (including phenoxy) is 3. The molecule has 0 saturated carbocycles. The first-order chi connectivity index (χ1) is 20.3. The van der Waals surface area contributed by atoms with Crippen LogP contribution in [-0.4, -0.2) is 29.2 Å². The van der Waals surface area contributed by atoms with E-state index in [1.54, 1.807) is 75.6 Å². The zero-order valence-corrected chi connectivity index (χ0v) is 23.9. The number of para-hydroxylation sites is 1. The van der Waals surface area contributed by atoms with Gasteiger partial charge in [0.25, 0.3) is 11.2 Å². The van der Waals surface area contributed by atoms with Gasteiger partial charge in [0.1, 0.15) is 18.1 Å². The Bertz CT molecular complexity index is 1870. The van der Waals surface area contributed by atoms with Crippen molar-refractivity contribution in [3.05, 3.63) is 131 Å². The molecule has 3 aromatic carbocycles. The summed E-state index contributed by atoms with van der Waals surface area (Å²) in [7, 11) is 1.57. The van der Waals surface area contributed by atoms with E-state index in [9.17, 15) is 19.7 Å². The minimum atomic E-state index is -0.732. The largest absolute Gasteiger partial charge is 0.497 e. The SMILES string of the molecule is CCOC(=O)C1=C(C)N=c2sc(=Cc3cccc(OCc4ccccc4[N+](=O)[O-])c3)c(=O)n2[C@H]1c1ccc(OC)cc1. The van der Waals surface area contributed by atoms with E-state index in [0.29, 0.717) is 48.8 Å². The van der Waals surface area contributed by atoms with Gasteiger partial charge in [0.05, 0.1) is 46.0 Å². The smallest absolute Gasteiger partial charge is 0.338 e. The zero-order chi connectivity index (χ0) is 29.8. The van der Waals surface area contributed by atoms with Crippen LogP contribution in [-0.2, 0) is 16.1 Å². The van der Waals surface area contributed by atoms with E-state index < -0.39 is 16.9 Å². The van der Waals surface area contributed by atoms with E-state index in [0.717, 1.165) is 0 Å². The van der Waals surface area contributed by atoms with Crippen LogP contribution in [0.1, 0.15) is 36.6 Å². The molecule has 0 fully saturated rings. The highest BCUT2D eigenvalue weighted by atomic mass is 32.1. The molecule has 0 unspecified atom stereocenters. The predicted molar refractivity (Wildman–Crippen MR) is 157 cm³/mol.